The fourth-order valence-electron chi connectivity index (χ4n) is 3.36. The Labute approximate surface area is 212 Å². The van der Waals surface area contributed by atoms with Crippen molar-refractivity contribution in [2.75, 3.05) is 14.2 Å². The van der Waals surface area contributed by atoms with Crippen LogP contribution in [0.2, 0.25) is 0 Å². The molecule has 1 amide bonds. The van der Waals surface area contributed by atoms with E-state index in [0.717, 1.165) is 0 Å². The first-order chi connectivity index (χ1) is 17.4. The Morgan fingerprint density at radius 2 is 1.92 bits per heavy atom. The number of methoxy groups -OCH3 is 2. The van der Waals surface area contributed by atoms with Crippen molar-refractivity contribution in [3.63, 3.8) is 0 Å². The van der Waals surface area contributed by atoms with E-state index in [4.69, 9.17) is 18.6 Å². The zero-order valence-corrected chi connectivity index (χ0v) is 20.7. The van der Waals surface area contributed by atoms with Crippen molar-refractivity contribution in [1.82, 2.24) is 4.90 Å². The Hall–Kier alpha value is -4.18. The summed E-state index contributed by atoms with van der Waals surface area (Å²) >= 11 is 1.20. The molecular weight excluding hydrogens is 484 g/mol. The number of hydrogen-bond donors (Lipinski definition) is 1. The van der Waals surface area contributed by atoms with Crippen LogP contribution in [-0.4, -0.2) is 47.4 Å². The third-order valence-electron chi connectivity index (χ3n) is 5.24. The monoisotopic (exact) mass is 508 g/mol. The minimum Gasteiger partial charge on any atom is -0.497 e. The van der Waals surface area contributed by atoms with Crippen molar-refractivity contribution in [1.29, 1.82) is 0 Å². The number of furan rings is 1. The molecule has 1 fully saturated rings. The molecule has 1 aliphatic heterocycles. The second kappa shape index (κ2) is 11.0. The maximum absolute atomic E-state index is 13.5. The molecule has 0 spiro atoms. The number of amides is 1. The molecule has 3 aromatic rings. The molecule has 0 bridgehead atoms. The number of carboxylic acid groups (broad SMARTS) is 1. The predicted molar refractivity (Wildman–Crippen MR) is 136 cm³/mol. The van der Waals surface area contributed by atoms with E-state index in [-0.39, 0.29) is 18.2 Å². The Balaban J connectivity index is 1.72. The molecule has 0 radical (unpaired) electrons. The number of nitrogens with zero attached hydrogens (tertiary/aromatic N) is 2. The molecule has 2 heterocycles. The van der Waals surface area contributed by atoms with E-state index in [0.29, 0.717) is 38.6 Å². The van der Waals surface area contributed by atoms with Crippen molar-refractivity contribution < 1.29 is 33.3 Å². The molecule has 186 valence electrons. The summed E-state index contributed by atoms with van der Waals surface area (Å²) < 4.78 is 21.7. The summed E-state index contributed by atoms with van der Waals surface area (Å²) in [5.41, 5.74) is 1.15. The van der Waals surface area contributed by atoms with Crippen molar-refractivity contribution in [2.45, 2.75) is 19.6 Å². The van der Waals surface area contributed by atoms with Gasteiger partial charge in [0.2, 0.25) is 0 Å². The highest BCUT2D eigenvalue weighted by Crippen LogP contribution is 2.39. The number of hydrogen-bond acceptors (Lipinski definition) is 8. The van der Waals surface area contributed by atoms with Gasteiger partial charge in [0, 0.05) is 5.56 Å². The standard InChI is InChI=1S/C26H24N2O7S/c1-16(25(30)31)35-23-17(6-4-8-21(23)33-3)14-22-24(29)28(15-20-7-5-13-34-20)26(36-22)27-18-9-11-19(32-2)12-10-18/h4-14,16H,15H2,1-3H3,(H,30,31)/b22-14-,27-26?/t16-/m1/s1. The SMILES string of the molecule is COc1ccc(N=C2S/C(=C\c3cccc(OC)c3O[C@H](C)C(=O)O)C(=O)N2Cc2ccco2)cc1. The summed E-state index contributed by atoms with van der Waals surface area (Å²) in [6, 6.07) is 15.8. The molecular formula is C26H24N2O7S. The van der Waals surface area contributed by atoms with E-state index in [1.807, 2.05) is 0 Å². The number of ether oxygens (including phenoxy) is 3. The Morgan fingerprint density at radius 3 is 2.56 bits per heavy atom. The van der Waals surface area contributed by atoms with Crippen molar-refractivity contribution in [2.24, 2.45) is 4.99 Å². The topological polar surface area (TPSA) is 111 Å². The number of carbonyl (C=O) groups is 2. The van der Waals surface area contributed by atoms with E-state index in [2.05, 4.69) is 4.99 Å². The largest absolute Gasteiger partial charge is 0.497 e. The highest BCUT2D eigenvalue weighted by Gasteiger charge is 2.34. The highest BCUT2D eigenvalue weighted by molar-refractivity contribution is 8.18. The van der Waals surface area contributed by atoms with Crippen molar-refractivity contribution in [3.05, 3.63) is 77.1 Å². The summed E-state index contributed by atoms with van der Waals surface area (Å²) in [5.74, 6) is 0.492. The fourth-order valence-corrected chi connectivity index (χ4v) is 4.35. The van der Waals surface area contributed by atoms with Crippen LogP contribution in [0.5, 0.6) is 17.2 Å². The molecule has 9 nitrogen and oxygen atoms in total. The molecule has 0 unspecified atom stereocenters. The summed E-state index contributed by atoms with van der Waals surface area (Å²) in [6.07, 6.45) is 2.07. The average molecular weight is 509 g/mol. The zero-order chi connectivity index (χ0) is 25.7. The number of benzene rings is 2. The molecule has 10 heteroatoms. The third-order valence-corrected chi connectivity index (χ3v) is 6.24. The second-order valence-corrected chi connectivity index (χ2v) is 8.66. The number of thioether (sulfide) groups is 1. The molecule has 0 aliphatic carbocycles. The van der Waals surface area contributed by atoms with Gasteiger partial charge in [0.05, 0.1) is 37.6 Å². The quantitative estimate of drug-likeness (QED) is 0.404. The van der Waals surface area contributed by atoms with E-state index >= 15 is 0 Å². The van der Waals surface area contributed by atoms with Gasteiger partial charge in [-0.1, -0.05) is 12.1 Å². The summed E-state index contributed by atoms with van der Waals surface area (Å²) in [6.45, 7) is 1.62. The van der Waals surface area contributed by atoms with Crippen LogP contribution in [0.3, 0.4) is 0 Å². The first kappa shape index (κ1) is 24.9. The number of rotatable bonds is 9. The minimum atomic E-state index is -1.12. The molecule has 1 aromatic heterocycles. The second-order valence-electron chi connectivity index (χ2n) is 7.65. The molecule has 2 aromatic carbocycles. The van der Waals surface area contributed by atoms with Crippen LogP contribution >= 0.6 is 11.8 Å². The predicted octanol–water partition coefficient (Wildman–Crippen LogP) is 4.95. The highest BCUT2D eigenvalue weighted by atomic mass is 32.2. The van der Waals surface area contributed by atoms with Gasteiger partial charge in [0.15, 0.2) is 22.8 Å². The van der Waals surface area contributed by atoms with Crippen molar-refractivity contribution >= 4 is 40.6 Å². The van der Waals surface area contributed by atoms with Crippen LogP contribution in [0.4, 0.5) is 5.69 Å². The molecule has 0 saturated carbocycles. The molecule has 1 aliphatic rings. The molecule has 1 saturated heterocycles. The van der Waals surface area contributed by atoms with Crippen LogP contribution in [-0.2, 0) is 16.1 Å². The van der Waals surface area contributed by atoms with Gasteiger partial charge in [-0.2, -0.15) is 0 Å². The third kappa shape index (κ3) is 5.55. The number of aliphatic carboxylic acids is 1. The lowest BCUT2D eigenvalue weighted by atomic mass is 10.1. The Bertz CT molecular complexity index is 1300. The van der Waals surface area contributed by atoms with E-state index in [9.17, 15) is 14.7 Å². The number of aliphatic imine (C=N–C) groups is 1. The van der Waals surface area contributed by atoms with Crippen LogP contribution in [0.1, 0.15) is 18.2 Å². The molecule has 1 N–H and O–H groups in total. The number of carboxylic acids is 1. The lowest BCUT2D eigenvalue weighted by Crippen LogP contribution is -2.28. The summed E-state index contributed by atoms with van der Waals surface area (Å²) in [5, 5.41) is 9.78. The van der Waals surface area contributed by atoms with Gasteiger partial charge in [0.25, 0.3) is 5.91 Å². The first-order valence-corrected chi connectivity index (χ1v) is 11.7. The van der Waals surface area contributed by atoms with E-state index < -0.39 is 12.1 Å². The zero-order valence-electron chi connectivity index (χ0n) is 19.8. The molecule has 1 atom stereocenters. The maximum Gasteiger partial charge on any atom is 0.344 e. The lowest BCUT2D eigenvalue weighted by Gasteiger charge is -2.16. The lowest BCUT2D eigenvalue weighted by molar-refractivity contribution is -0.144. The fraction of sp³-hybridized carbons (Fsp3) is 0.192. The number of para-hydroxylation sites is 1. The van der Waals surface area contributed by atoms with Gasteiger partial charge in [-0.15, -0.1) is 0 Å². The van der Waals surface area contributed by atoms with Gasteiger partial charge < -0.3 is 23.7 Å². The van der Waals surface area contributed by atoms with Gasteiger partial charge >= 0.3 is 5.97 Å². The molecule has 4 rings (SSSR count). The Kier molecular flexibility index (Phi) is 7.65. The van der Waals surface area contributed by atoms with Gasteiger partial charge in [-0.25, -0.2) is 9.79 Å². The number of carbonyl (C=O) groups excluding carboxylic acids is 1. The van der Waals surface area contributed by atoms with E-state index in [1.165, 1.54) is 30.7 Å². The van der Waals surface area contributed by atoms with Gasteiger partial charge in [-0.3, -0.25) is 9.69 Å². The smallest absolute Gasteiger partial charge is 0.344 e. The summed E-state index contributed by atoms with van der Waals surface area (Å²) in [7, 11) is 3.05. The van der Waals surface area contributed by atoms with Crippen molar-refractivity contribution in [3.8, 4) is 17.2 Å². The van der Waals surface area contributed by atoms with Crippen LogP contribution in [0, 0.1) is 0 Å². The van der Waals surface area contributed by atoms with Crippen LogP contribution in [0.25, 0.3) is 6.08 Å². The summed E-state index contributed by atoms with van der Waals surface area (Å²) in [4.78, 5) is 31.4. The Morgan fingerprint density at radius 1 is 1.14 bits per heavy atom. The van der Waals surface area contributed by atoms with Gasteiger partial charge in [-0.05, 0) is 67.2 Å². The first-order valence-electron chi connectivity index (χ1n) is 10.9. The van der Waals surface area contributed by atoms with E-state index in [1.54, 1.807) is 74.0 Å². The molecule has 36 heavy (non-hydrogen) atoms. The maximum atomic E-state index is 13.5. The van der Waals surface area contributed by atoms with Gasteiger partial charge in [0.1, 0.15) is 11.5 Å². The average Bonchev–Trinajstić information content (AvgIpc) is 3.49. The normalized spacial score (nSPS) is 16.4. The number of amidine groups is 1. The van der Waals surface area contributed by atoms with Crippen LogP contribution < -0.4 is 14.2 Å². The minimum absolute atomic E-state index is 0.197. The van der Waals surface area contributed by atoms with Crippen LogP contribution in [0.15, 0.2) is 75.2 Å².